The Hall–Kier alpha value is -3.04. The summed E-state index contributed by atoms with van der Waals surface area (Å²) in [7, 11) is -8.48. The molecule has 15 heteroatoms. The summed E-state index contributed by atoms with van der Waals surface area (Å²) in [5.41, 5.74) is -1.36. The molecule has 0 radical (unpaired) electrons. The summed E-state index contributed by atoms with van der Waals surface area (Å²) in [6, 6.07) is 6.61. The minimum Gasteiger partial charge on any atom is -0.485 e. The highest BCUT2D eigenvalue weighted by atomic mass is 32.2. The van der Waals surface area contributed by atoms with E-state index in [1.54, 1.807) is 0 Å². The Balaban J connectivity index is 1.74. The van der Waals surface area contributed by atoms with Crippen molar-refractivity contribution in [3.05, 3.63) is 48.0 Å². The Bertz CT molecular complexity index is 1360. The first-order chi connectivity index (χ1) is 16.2. The number of rotatable bonds is 7. The van der Waals surface area contributed by atoms with Crippen molar-refractivity contribution in [3.8, 4) is 5.75 Å². The van der Waals surface area contributed by atoms with Gasteiger partial charge in [-0.25, -0.2) is 26.4 Å². The van der Waals surface area contributed by atoms with E-state index in [1.165, 1.54) is 12.1 Å². The highest BCUT2D eigenvalue weighted by Crippen LogP contribution is 2.40. The number of alkyl halides is 3. The fourth-order valence-corrected chi connectivity index (χ4v) is 6.58. The summed E-state index contributed by atoms with van der Waals surface area (Å²) in [6.45, 7) is -0.534. The minimum absolute atomic E-state index is 0.0226. The van der Waals surface area contributed by atoms with E-state index in [0.29, 0.717) is 18.9 Å². The van der Waals surface area contributed by atoms with Crippen LogP contribution in [0.3, 0.4) is 0 Å². The van der Waals surface area contributed by atoms with Crippen LogP contribution in [0.1, 0.15) is 18.4 Å². The molecule has 2 aromatic rings. The maximum absolute atomic E-state index is 13.5. The number of carbonyl (C=O) groups is 1. The van der Waals surface area contributed by atoms with Crippen LogP contribution in [0.5, 0.6) is 5.75 Å². The minimum atomic E-state index is -4.79. The average Bonchev–Trinajstić information content (AvgIpc) is 3.55. The van der Waals surface area contributed by atoms with Gasteiger partial charge in [0.05, 0.1) is 22.7 Å². The van der Waals surface area contributed by atoms with Gasteiger partial charge in [0, 0.05) is 11.7 Å². The summed E-state index contributed by atoms with van der Waals surface area (Å²) < 4.78 is 100. The monoisotopic (exact) mass is 535 g/mol. The Morgan fingerprint density at radius 3 is 2.46 bits per heavy atom. The number of halogens is 3. The Kier molecular flexibility index (Phi) is 6.36. The van der Waals surface area contributed by atoms with Gasteiger partial charge < -0.3 is 9.84 Å². The molecule has 10 nitrogen and oxygen atoms in total. The van der Waals surface area contributed by atoms with Crippen molar-refractivity contribution in [2.24, 2.45) is 0 Å². The fraction of sp³-hybridized carbons (Fsp3) is 0.350. The first-order valence-electron chi connectivity index (χ1n) is 10.3. The lowest BCUT2D eigenvalue weighted by Gasteiger charge is -2.35. The molecule has 2 aromatic carbocycles. The van der Waals surface area contributed by atoms with Crippen molar-refractivity contribution >= 4 is 37.5 Å². The van der Waals surface area contributed by atoms with E-state index in [9.17, 15) is 34.8 Å². The normalized spacial score (nSPS) is 18.5. The molecular formula is C20H20F3N3O7S2. The summed E-state index contributed by atoms with van der Waals surface area (Å²) in [5.74, 6) is -0.665. The van der Waals surface area contributed by atoms with E-state index in [0.717, 1.165) is 28.6 Å². The van der Waals surface area contributed by atoms with Crippen molar-refractivity contribution in [3.63, 3.8) is 0 Å². The van der Waals surface area contributed by atoms with Gasteiger partial charge in [-0.1, -0.05) is 6.07 Å². The van der Waals surface area contributed by atoms with Gasteiger partial charge in [-0.3, -0.25) is 9.62 Å². The third-order valence-electron chi connectivity index (χ3n) is 5.22. The number of benzene rings is 2. The number of sulfonamides is 2. The number of nitrogens with zero attached hydrogens (tertiary/aromatic N) is 1. The van der Waals surface area contributed by atoms with Crippen molar-refractivity contribution in [1.29, 1.82) is 0 Å². The predicted molar refractivity (Wildman–Crippen MR) is 118 cm³/mol. The average molecular weight is 536 g/mol. The van der Waals surface area contributed by atoms with Gasteiger partial charge in [0.15, 0.2) is 0 Å². The van der Waals surface area contributed by atoms with Crippen LogP contribution in [0.4, 0.5) is 29.3 Å². The van der Waals surface area contributed by atoms with Crippen LogP contribution in [-0.4, -0.2) is 52.5 Å². The second-order valence-corrected chi connectivity index (χ2v) is 11.7. The third-order valence-corrected chi connectivity index (χ3v) is 8.50. The van der Waals surface area contributed by atoms with Gasteiger partial charge in [0.1, 0.15) is 17.6 Å². The molecular weight excluding hydrogens is 515 g/mol. The highest BCUT2D eigenvalue weighted by molar-refractivity contribution is 7.93. The van der Waals surface area contributed by atoms with E-state index < -0.39 is 61.2 Å². The van der Waals surface area contributed by atoms with Crippen LogP contribution in [-0.2, 0) is 26.2 Å². The van der Waals surface area contributed by atoms with Crippen LogP contribution in [0.25, 0.3) is 0 Å². The topological polar surface area (TPSA) is 142 Å². The summed E-state index contributed by atoms with van der Waals surface area (Å²) >= 11 is 0. The molecule has 1 amide bonds. The smallest absolute Gasteiger partial charge is 0.416 e. The molecule has 0 bridgehead atoms. The van der Waals surface area contributed by atoms with E-state index in [4.69, 9.17) is 9.84 Å². The molecule has 0 spiro atoms. The van der Waals surface area contributed by atoms with Crippen LogP contribution in [0.2, 0.25) is 0 Å². The molecule has 1 aliphatic carbocycles. The van der Waals surface area contributed by atoms with Gasteiger partial charge in [-0.15, -0.1) is 0 Å². The summed E-state index contributed by atoms with van der Waals surface area (Å²) in [6.07, 6.45) is -6.04. The van der Waals surface area contributed by atoms with Gasteiger partial charge in [-0.05, 0) is 49.2 Å². The molecule has 190 valence electrons. The number of hydrogen-bond acceptors (Lipinski definition) is 6. The van der Waals surface area contributed by atoms with E-state index in [1.807, 2.05) is 0 Å². The second-order valence-electron chi connectivity index (χ2n) is 8.09. The molecule has 2 aliphatic rings. The largest absolute Gasteiger partial charge is 0.485 e. The molecule has 0 saturated heterocycles. The molecule has 1 unspecified atom stereocenters. The molecule has 4 rings (SSSR count). The molecule has 35 heavy (non-hydrogen) atoms. The van der Waals surface area contributed by atoms with Gasteiger partial charge >= 0.3 is 12.3 Å². The zero-order valence-electron chi connectivity index (χ0n) is 17.8. The Morgan fingerprint density at radius 1 is 1.11 bits per heavy atom. The van der Waals surface area contributed by atoms with Crippen molar-refractivity contribution in [1.82, 2.24) is 4.72 Å². The van der Waals surface area contributed by atoms with Gasteiger partial charge in [0.2, 0.25) is 10.0 Å². The Morgan fingerprint density at radius 2 is 1.83 bits per heavy atom. The van der Waals surface area contributed by atoms with Crippen molar-refractivity contribution in [2.75, 3.05) is 21.9 Å². The van der Waals surface area contributed by atoms with Crippen LogP contribution >= 0.6 is 0 Å². The number of fused-ring (bicyclic) bond motifs is 1. The van der Waals surface area contributed by atoms with E-state index in [2.05, 4.69) is 10.0 Å². The zero-order valence-corrected chi connectivity index (χ0v) is 19.5. The maximum Gasteiger partial charge on any atom is 0.416 e. The molecule has 3 N–H and O–H groups in total. The Labute approximate surface area is 198 Å². The number of carboxylic acid groups (broad SMARTS) is 1. The summed E-state index contributed by atoms with van der Waals surface area (Å²) in [5, 5.41) is 11.0. The van der Waals surface area contributed by atoms with Gasteiger partial charge in [0.25, 0.3) is 10.0 Å². The van der Waals surface area contributed by atoms with Crippen molar-refractivity contribution in [2.45, 2.75) is 36.1 Å². The number of ether oxygens (including phenoxy) is 1. The lowest BCUT2D eigenvalue weighted by Crippen LogP contribution is -2.48. The fourth-order valence-electron chi connectivity index (χ4n) is 3.54. The SMILES string of the molecule is O=C(O)Nc1ccc2c(c1)N(S(=O)(=O)c1cccc(C(F)(F)F)c1)CC(CS(=O)(=O)NC1CC1)O2. The molecule has 1 atom stereocenters. The van der Waals surface area contributed by atoms with Crippen LogP contribution < -0.4 is 19.1 Å². The van der Waals surface area contributed by atoms with Crippen molar-refractivity contribution < 1.29 is 44.6 Å². The third kappa shape index (κ3) is 5.79. The van der Waals surface area contributed by atoms with E-state index >= 15 is 0 Å². The molecule has 1 saturated carbocycles. The van der Waals surface area contributed by atoms with Crippen LogP contribution in [0, 0.1) is 0 Å². The standard InChI is InChI=1S/C20H20F3N3O7S2/c21-20(22,23)12-2-1-3-16(8-12)35(31,32)26-10-15(11-34(29,30)25-13-4-5-13)33-18-7-6-14(9-17(18)26)24-19(27)28/h1-3,6-9,13,15,24-25H,4-5,10-11H2,(H,27,28). The first kappa shape index (κ1) is 25.1. The second kappa shape index (κ2) is 8.87. The molecule has 1 fully saturated rings. The molecule has 0 aromatic heterocycles. The molecule has 1 heterocycles. The molecule has 1 aliphatic heterocycles. The number of anilines is 2. The maximum atomic E-state index is 13.5. The highest BCUT2D eigenvalue weighted by Gasteiger charge is 2.39. The number of hydrogen-bond donors (Lipinski definition) is 3. The number of amides is 1. The first-order valence-corrected chi connectivity index (χ1v) is 13.3. The number of nitrogens with one attached hydrogen (secondary N) is 2. The lowest BCUT2D eigenvalue weighted by molar-refractivity contribution is -0.137. The lowest BCUT2D eigenvalue weighted by atomic mass is 10.2. The van der Waals surface area contributed by atoms with Gasteiger partial charge in [-0.2, -0.15) is 13.2 Å². The zero-order chi connectivity index (χ0) is 25.6. The van der Waals surface area contributed by atoms with E-state index in [-0.39, 0.29) is 23.2 Å². The predicted octanol–water partition coefficient (Wildman–Crippen LogP) is 2.83. The quantitative estimate of drug-likeness (QED) is 0.495. The van der Waals surface area contributed by atoms with Crippen LogP contribution in [0.15, 0.2) is 47.4 Å². The summed E-state index contributed by atoms with van der Waals surface area (Å²) in [4.78, 5) is 10.3.